The Labute approximate surface area is 214 Å². The second-order valence-corrected chi connectivity index (χ2v) is 7.86. The average molecular weight is 493 g/mol. The van der Waals surface area contributed by atoms with Gasteiger partial charge in [0, 0.05) is 5.69 Å². The van der Waals surface area contributed by atoms with Crippen LogP contribution in [0.1, 0.15) is 21.5 Å². The molecule has 0 unspecified atom stereocenters. The first kappa shape index (κ1) is 24.9. The molecule has 37 heavy (non-hydrogen) atoms. The molecule has 0 aliphatic heterocycles. The first-order chi connectivity index (χ1) is 18.1. The predicted octanol–water partition coefficient (Wildman–Crippen LogP) is 4.61. The number of anilines is 2. The number of hydrazone groups is 1. The number of nitrogens with zero attached hydrogens (tertiary/aromatic N) is 1. The van der Waals surface area contributed by atoms with Crippen molar-refractivity contribution in [2.45, 2.75) is 6.61 Å². The van der Waals surface area contributed by atoms with Crippen LogP contribution >= 0.6 is 0 Å². The second-order valence-electron chi connectivity index (χ2n) is 7.86. The van der Waals surface area contributed by atoms with Gasteiger partial charge in [0.15, 0.2) is 0 Å². The van der Waals surface area contributed by atoms with E-state index in [0.717, 1.165) is 5.56 Å². The maximum atomic E-state index is 12.7. The number of para-hydroxylation sites is 2. The van der Waals surface area contributed by atoms with E-state index in [1.165, 1.54) is 12.3 Å². The number of rotatable bonds is 8. The van der Waals surface area contributed by atoms with E-state index < -0.39 is 17.7 Å². The molecule has 0 heterocycles. The summed E-state index contributed by atoms with van der Waals surface area (Å²) in [6.07, 6.45) is 1.41. The van der Waals surface area contributed by atoms with Crippen molar-refractivity contribution < 1.29 is 19.1 Å². The number of hydrogen-bond acceptors (Lipinski definition) is 5. The number of carbonyl (C=O) groups is 3. The molecule has 0 saturated carbocycles. The van der Waals surface area contributed by atoms with Gasteiger partial charge in [-0.2, -0.15) is 5.10 Å². The first-order valence-corrected chi connectivity index (χ1v) is 11.4. The van der Waals surface area contributed by atoms with Crippen LogP contribution in [0, 0.1) is 0 Å². The van der Waals surface area contributed by atoms with Crippen molar-refractivity contribution in [3.63, 3.8) is 0 Å². The first-order valence-electron chi connectivity index (χ1n) is 11.4. The van der Waals surface area contributed by atoms with Crippen molar-refractivity contribution in [2.75, 3.05) is 10.6 Å². The van der Waals surface area contributed by atoms with E-state index in [-0.39, 0.29) is 11.3 Å². The van der Waals surface area contributed by atoms with Gasteiger partial charge in [-0.05, 0) is 59.7 Å². The van der Waals surface area contributed by atoms with Gasteiger partial charge in [0.1, 0.15) is 12.4 Å². The summed E-state index contributed by atoms with van der Waals surface area (Å²) in [6, 6.07) is 32.3. The normalized spacial score (nSPS) is 10.5. The standard InChI is InChI=1S/C29H24N4O4/c34-27(31-23-11-5-2-6-12-23)25-13-7-8-14-26(25)32-28(35)29(36)33-30-19-21-15-17-24(18-16-21)37-20-22-9-3-1-4-10-22/h1-19H,20H2,(H,31,34)(H,32,35)(H,33,36)/b30-19+. The van der Waals surface area contributed by atoms with E-state index in [1.807, 2.05) is 36.4 Å². The Balaban J connectivity index is 1.29. The van der Waals surface area contributed by atoms with Crippen LogP contribution in [-0.2, 0) is 16.2 Å². The molecule has 4 aromatic rings. The quantitative estimate of drug-likeness (QED) is 0.190. The Kier molecular flexibility index (Phi) is 8.38. The number of ether oxygens (including phenoxy) is 1. The van der Waals surface area contributed by atoms with Crippen LogP contribution in [0.3, 0.4) is 0 Å². The number of carbonyl (C=O) groups excluding carboxylic acids is 3. The molecule has 0 aliphatic carbocycles. The fourth-order valence-electron chi connectivity index (χ4n) is 3.30. The van der Waals surface area contributed by atoms with Crippen LogP contribution < -0.4 is 20.8 Å². The summed E-state index contributed by atoms with van der Waals surface area (Å²) in [5.74, 6) is -1.66. The molecule has 3 N–H and O–H groups in total. The SMILES string of the molecule is O=C(N/N=C/c1ccc(OCc2ccccc2)cc1)C(=O)Nc1ccccc1C(=O)Nc1ccccc1. The number of benzene rings is 4. The Bertz CT molecular complexity index is 1390. The monoisotopic (exact) mass is 492 g/mol. The zero-order chi connectivity index (χ0) is 25.9. The molecule has 0 saturated heterocycles. The maximum Gasteiger partial charge on any atom is 0.329 e. The van der Waals surface area contributed by atoms with Crippen molar-refractivity contribution in [1.82, 2.24) is 5.43 Å². The van der Waals surface area contributed by atoms with Crippen LogP contribution in [0.5, 0.6) is 5.75 Å². The molecule has 3 amide bonds. The molecule has 0 atom stereocenters. The van der Waals surface area contributed by atoms with E-state index in [4.69, 9.17) is 4.74 Å². The third-order valence-electron chi connectivity index (χ3n) is 5.17. The van der Waals surface area contributed by atoms with Gasteiger partial charge >= 0.3 is 11.8 Å². The van der Waals surface area contributed by atoms with Crippen LogP contribution in [0.2, 0.25) is 0 Å². The molecule has 8 nitrogen and oxygen atoms in total. The fraction of sp³-hybridized carbons (Fsp3) is 0.0345. The van der Waals surface area contributed by atoms with E-state index >= 15 is 0 Å². The van der Waals surface area contributed by atoms with Gasteiger partial charge in [0.05, 0.1) is 17.5 Å². The van der Waals surface area contributed by atoms with Gasteiger partial charge in [-0.15, -0.1) is 0 Å². The lowest BCUT2D eigenvalue weighted by Crippen LogP contribution is -2.33. The van der Waals surface area contributed by atoms with Gasteiger partial charge in [-0.1, -0.05) is 60.7 Å². The topological polar surface area (TPSA) is 109 Å². The summed E-state index contributed by atoms with van der Waals surface area (Å²) < 4.78 is 5.74. The van der Waals surface area contributed by atoms with Gasteiger partial charge in [-0.25, -0.2) is 5.43 Å². The van der Waals surface area contributed by atoms with E-state index in [1.54, 1.807) is 66.7 Å². The minimum absolute atomic E-state index is 0.200. The maximum absolute atomic E-state index is 12.7. The molecule has 0 aromatic heterocycles. The van der Waals surface area contributed by atoms with E-state index in [2.05, 4.69) is 21.2 Å². The zero-order valence-corrected chi connectivity index (χ0v) is 19.8. The molecule has 0 spiro atoms. The highest BCUT2D eigenvalue weighted by molar-refractivity contribution is 6.40. The fourth-order valence-corrected chi connectivity index (χ4v) is 3.30. The Hall–Kier alpha value is -5.24. The number of nitrogens with one attached hydrogen (secondary N) is 3. The number of amides is 3. The summed E-state index contributed by atoms with van der Waals surface area (Å²) >= 11 is 0. The van der Waals surface area contributed by atoms with Crippen LogP contribution in [-0.4, -0.2) is 23.9 Å². The minimum atomic E-state index is -0.975. The van der Waals surface area contributed by atoms with Crippen molar-refractivity contribution in [3.8, 4) is 5.75 Å². The molecule has 0 bridgehead atoms. The van der Waals surface area contributed by atoms with E-state index in [9.17, 15) is 14.4 Å². The van der Waals surface area contributed by atoms with Crippen LogP contribution in [0.4, 0.5) is 11.4 Å². The highest BCUT2D eigenvalue weighted by Crippen LogP contribution is 2.17. The predicted molar refractivity (Wildman–Crippen MR) is 142 cm³/mol. The Morgan fingerprint density at radius 2 is 1.35 bits per heavy atom. The van der Waals surface area contributed by atoms with Crippen molar-refractivity contribution >= 4 is 35.3 Å². The minimum Gasteiger partial charge on any atom is -0.489 e. The second kappa shape index (κ2) is 12.5. The molecule has 0 radical (unpaired) electrons. The molecule has 0 aliphatic rings. The van der Waals surface area contributed by atoms with Crippen molar-refractivity contribution in [1.29, 1.82) is 0 Å². The summed E-state index contributed by atoms with van der Waals surface area (Å²) in [6.45, 7) is 0.455. The molecular weight excluding hydrogens is 468 g/mol. The van der Waals surface area contributed by atoms with Gasteiger partial charge < -0.3 is 15.4 Å². The summed E-state index contributed by atoms with van der Waals surface area (Å²) in [4.78, 5) is 37.3. The highest BCUT2D eigenvalue weighted by atomic mass is 16.5. The third-order valence-corrected chi connectivity index (χ3v) is 5.17. The lowest BCUT2D eigenvalue weighted by molar-refractivity contribution is -0.136. The van der Waals surface area contributed by atoms with E-state index in [0.29, 0.717) is 23.6 Å². The lowest BCUT2D eigenvalue weighted by atomic mass is 10.1. The van der Waals surface area contributed by atoms with Crippen molar-refractivity contribution in [2.24, 2.45) is 5.10 Å². The summed E-state index contributed by atoms with van der Waals surface area (Å²) in [7, 11) is 0. The lowest BCUT2D eigenvalue weighted by Gasteiger charge is -2.11. The van der Waals surface area contributed by atoms with Crippen LogP contribution in [0.15, 0.2) is 114 Å². The molecule has 8 heteroatoms. The number of hydrogen-bond donors (Lipinski definition) is 3. The van der Waals surface area contributed by atoms with Gasteiger partial charge in [-0.3, -0.25) is 14.4 Å². The third kappa shape index (κ3) is 7.37. The molecule has 0 fully saturated rings. The van der Waals surface area contributed by atoms with Gasteiger partial charge in [0.25, 0.3) is 5.91 Å². The highest BCUT2D eigenvalue weighted by Gasteiger charge is 2.17. The molecule has 4 aromatic carbocycles. The largest absolute Gasteiger partial charge is 0.489 e. The Morgan fingerprint density at radius 1 is 0.703 bits per heavy atom. The van der Waals surface area contributed by atoms with Gasteiger partial charge in [0.2, 0.25) is 0 Å². The van der Waals surface area contributed by atoms with Crippen molar-refractivity contribution in [3.05, 3.63) is 126 Å². The summed E-state index contributed by atoms with van der Waals surface area (Å²) in [5.41, 5.74) is 4.98. The average Bonchev–Trinajstić information content (AvgIpc) is 2.94. The smallest absolute Gasteiger partial charge is 0.329 e. The molecule has 4 rings (SSSR count). The molecule has 184 valence electrons. The summed E-state index contributed by atoms with van der Waals surface area (Å²) in [5, 5.41) is 9.04. The molecular formula is C29H24N4O4. The van der Waals surface area contributed by atoms with Crippen LogP contribution in [0.25, 0.3) is 0 Å². The zero-order valence-electron chi connectivity index (χ0n) is 19.8. The Morgan fingerprint density at radius 3 is 2.08 bits per heavy atom.